The van der Waals surface area contributed by atoms with Gasteiger partial charge in [-0.2, -0.15) is 4.31 Å². The van der Waals surface area contributed by atoms with Crippen molar-refractivity contribution in [2.45, 2.75) is 50.5 Å². The lowest BCUT2D eigenvalue weighted by Crippen LogP contribution is -2.53. The molecule has 1 saturated carbocycles. The van der Waals surface area contributed by atoms with E-state index in [4.69, 9.17) is 0 Å². The van der Waals surface area contributed by atoms with Gasteiger partial charge < -0.3 is 9.80 Å². The van der Waals surface area contributed by atoms with Crippen LogP contribution in [0.15, 0.2) is 47.4 Å². The van der Waals surface area contributed by atoms with Crippen LogP contribution in [0.25, 0.3) is 0 Å². The largest absolute Gasteiger partial charge is 0.366 e. The number of anilines is 2. The summed E-state index contributed by atoms with van der Waals surface area (Å²) in [4.78, 5) is 17.2. The van der Waals surface area contributed by atoms with Gasteiger partial charge in [0.05, 0.1) is 4.90 Å². The zero-order chi connectivity index (χ0) is 22.5. The van der Waals surface area contributed by atoms with Gasteiger partial charge >= 0.3 is 0 Å². The van der Waals surface area contributed by atoms with E-state index in [0.717, 1.165) is 42.6 Å². The smallest absolute Gasteiger partial charge is 0.243 e. The first-order valence-electron chi connectivity index (χ1n) is 11.6. The number of hydrogen-bond acceptors (Lipinski definition) is 4. The fourth-order valence-electron chi connectivity index (χ4n) is 5.05. The summed E-state index contributed by atoms with van der Waals surface area (Å²) >= 11 is 0. The Morgan fingerprint density at radius 1 is 1.00 bits per heavy atom. The molecule has 0 unspecified atom stereocenters. The maximum absolute atomic E-state index is 13.4. The Hall–Kier alpha value is -2.38. The van der Waals surface area contributed by atoms with Gasteiger partial charge in [0.15, 0.2) is 0 Å². The van der Waals surface area contributed by atoms with Crippen LogP contribution in [0.2, 0.25) is 0 Å². The van der Waals surface area contributed by atoms with Gasteiger partial charge in [0.2, 0.25) is 15.9 Å². The van der Waals surface area contributed by atoms with Crippen molar-refractivity contribution in [3.8, 4) is 0 Å². The van der Waals surface area contributed by atoms with E-state index in [1.165, 1.54) is 5.56 Å². The van der Waals surface area contributed by atoms with Crippen LogP contribution in [0, 0.1) is 12.8 Å². The lowest BCUT2D eigenvalue weighted by molar-refractivity contribution is -0.124. The highest BCUT2D eigenvalue weighted by Crippen LogP contribution is 2.36. The molecule has 0 N–H and O–H groups in total. The topological polar surface area (TPSA) is 60.9 Å². The van der Waals surface area contributed by atoms with Crippen LogP contribution in [0.5, 0.6) is 0 Å². The molecule has 3 aliphatic rings. The Morgan fingerprint density at radius 3 is 2.41 bits per heavy atom. The molecule has 6 nitrogen and oxygen atoms in total. The Labute approximate surface area is 190 Å². The molecule has 1 saturated heterocycles. The second-order valence-corrected chi connectivity index (χ2v) is 11.3. The number of carbonyl (C=O) groups is 1. The molecule has 1 aliphatic carbocycles. The van der Waals surface area contributed by atoms with Crippen LogP contribution in [0.1, 0.15) is 37.3 Å². The molecule has 2 fully saturated rings. The Kier molecular flexibility index (Phi) is 5.50. The number of carbonyl (C=O) groups excluding carboxylic acids is 1. The number of benzene rings is 2. The minimum atomic E-state index is -3.57. The summed E-state index contributed by atoms with van der Waals surface area (Å²) < 4.78 is 28.5. The van der Waals surface area contributed by atoms with E-state index in [0.29, 0.717) is 31.1 Å². The normalized spacial score (nSPS) is 22.0. The van der Waals surface area contributed by atoms with Crippen LogP contribution in [0.3, 0.4) is 0 Å². The second-order valence-electron chi connectivity index (χ2n) is 9.40. The summed E-state index contributed by atoms with van der Waals surface area (Å²) in [5.74, 6) is 0.349. The summed E-state index contributed by atoms with van der Waals surface area (Å²) in [6.07, 6.45) is 3.80. The predicted octanol–water partition coefficient (Wildman–Crippen LogP) is 3.58. The van der Waals surface area contributed by atoms with Crippen molar-refractivity contribution >= 4 is 27.3 Å². The molecule has 5 rings (SSSR count). The maximum Gasteiger partial charge on any atom is 0.243 e. The van der Waals surface area contributed by atoms with Gasteiger partial charge in [-0.15, -0.1) is 0 Å². The minimum absolute atomic E-state index is 0.0891. The lowest BCUT2D eigenvalue weighted by atomic mass is 9.84. The van der Waals surface area contributed by atoms with Crippen molar-refractivity contribution in [1.82, 2.24) is 4.31 Å². The number of nitrogens with zero attached hydrogens (tertiary/aromatic N) is 3. The Balaban J connectivity index is 1.32. The van der Waals surface area contributed by atoms with Crippen LogP contribution in [0.4, 0.5) is 11.4 Å². The van der Waals surface area contributed by atoms with Gasteiger partial charge in [0, 0.05) is 49.5 Å². The van der Waals surface area contributed by atoms with Crippen LogP contribution in [-0.2, 0) is 21.2 Å². The Bertz CT molecular complexity index is 1130. The lowest BCUT2D eigenvalue weighted by Gasteiger charge is -2.40. The zero-order valence-electron chi connectivity index (χ0n) is 18.8. The molecule has 1 amide bonds. The molecule has 0 spiro atoms. The van der Waals surface area contributed by atoms with Crippen molar-refractivity contribution in [3.05, 3.63) is 53.6 Å². The minimum Gasteiger partial charge on any atom is -0.366 e. The van der Waals surface area contributed by atoms with Crippen molar-refractivity contribution in [2.75, 3.05) is 36.0 Å². The molecule has 0 radical (unpaired) electrons. The van der Waals surface area contributed by atoms with Gasteiger partial charge in [-0.05, 0) is 69.0 Å². The molecule has 32 heavy (non-hydrogen) atoms. The zero-order valence-corrected chi connectivity index (χ0v) is 19.6. The second kappa shape index (κ2) is 8.19. The molecule has 7 heteroatoms. The molecule has 1 atom stereocenters. The summed E-state index contributed by atoms with van der Waals surface area (Å²) in [5.41, 5.74) is 4.20. The first-order chi connectivity index (χ1) is 15.3. The highest BCUT2D eigenvalue weighted by atomic mass is 32.2. The maximum atomic E-state index is 13.4. The fourth-order valence-corrected chi connectivity index (χ4v) is 6.62. The van der Waals surface area contributed by atoms with Gasteiger partial charge in [-0.3, -0.25) is 4.79 Å². The van der Waals surface area contributed by atoms with E-state index in [2.05, 4.69) is 43.0 Å². The third kappa shape index (κ3) is 3.71. The molecular weight excluding hydrogens is 422 g/mol. The van der Waals surface area contributed by atoms with Crippen molar-refractivity contribution < 1.29 is 13.2 Å². The molecule has 2 aromatic carbocycles. The quantitative estimate of drug-likeness (QED) is 0.710. The number of aryl methyl sites for hydroxylation is 1. The molecule has 0 aromatic heterocycles. The molecule has 170 valence electrons. The van der Waals surface area contributed by atoms with Crippen molar-refractivity contribution in [3.63, 3.8) is 0 Å². The molecule has 2 aromatic rings. The van der Waals surface area contributed by atoms with Crippen molar-refractivity contribution in [2.24, 2.45) is 5.92 Å². The van der Waals surface area contributed by atoms with E-state index in [1.54, 1.807) is 16.4 Å². The van der Waals surface area contributed by atoms with Gasteiger partial charge in [-0.25, -0.2) is 8.42 Å². The summed E-state index contributed by atoms with van der Waals surface area (Å²) in [5, 5.41) is 0. The fraction of sp³-hybridized carbons (Fsp3) is 0.480. The van der Waals surface area contributed by atoms with Crippen LogP contribution in [-0.4, -0.2) is 50.9 Å². The van der Waals surface area contributed by atoms with Gasteiger partial charge in [-0.1, -0.05) is 24.1 Å². The van der Waals surface area contributed by atoms with E-state index in [1.807, 2.05) is 11.0 Å². The number of rotatable bonds is 4. The Morgan fingerprint density at radius 2 is 1.75 bits per heavy atom. The highest BCUT2D eigenvalue weighted by molar-refractivity contribution is 7.89. The van der Waals surface area contributed by atoms with E-state index >= 15 is 0 Å². The third-order valence-corrected chi connectivity index (χ3v) is 9.12. The summed E-state index contributed by atoms with van der Waals surface area (Å²) in [6.45, 7) is 6.38. The molecule has 2 heterocycles. The average Bonchev–Trinajstić information content (AvgIpc) is 3.16. The first kappa shape index (κ1) is 21.5. The first-order valence-corrected chi connectivity index (χ1v) is 13.1. The molecule has 2 aliphatic heterocycles. The van der Waals surface area contributed by atoms with Crippen LogP contribution >= 0.6 is 0 Å². The number of hydrogen-bond donors (Lipinski definition) is 0. The summed E-state index contributed by atoms with van der Waals surface area (Å²) in [6, 6.07) is 13.8. The van der Waals surface area contributed by atoms with E-state index < -0.39 is 10.0 Å². The van der Waals surface area contributed by atoms with E-state index in [9.17, 15) is 13.2 Å². The van der Waals surface area contributed by atoms with Gasteiger partial charge in [0.25, 0.3) is 0 Å². The summed E-state index contributed by atoms with van der Waals surface area (Å²) in [7, 11) is -3.57. The number of sulfonamides is 1. The molecular formula is C25H31N3O3S. The number of piperazine rings is 1. The van der Waals surface area contributed by atoms with Crippen LogP contribution < -0.4 is 9.80 Å². The average molecular weight is 454 g/mol. The molecule has 0 bridgehead atoms. The highest BCUT2D eigenvalue weighted by Gasteiger charge is 2.36. The monoisotopic (exact) mass is 453 g/mol. The van der Waals surface area contributed by atoms with Gasteiger partial charge in [0.1, 0.15) is 0 Å². The predicted molar refractivity (Wildman–Crippen MR) is 127 cm³/mol. The SMILES string of the molecule is Cc1ccc(N2CCN(S(=O)(=O)c3ccc4c(c3)CCN4C(=O)C3CCC3)C[C@H]2C)cc1. The van der Waals surface area contributed by atoms with E-state index in [-0.39, 0.29) is 17.9 Å². The number of fused-ring (bicyclic) bond motifs is 1. The number of amides is 1. The third-order valence-electron chi connectivity index (χ3n) is 7.26. The standard InChI is InChI=1S/C25H31N3O3S/c1-18-6-8-22(9-7-18)27-15-14-26(17-19(27)2)32(30,31)23-10-11-24-21(16-23)12-13-28(24)25(29)20-4-3-5-20/h6-11,16,19-20H,3-5,12-15,17H2,1-2H3/t19-/m1/s1. The van der Waals surface area contributed by atoms with Crippen molar-refractivity contribution in [1.29, 1.82) is 0 Å².